The molecule has 4 unspecified atom stereocenters. The molecule has 0 spiro atoms. The number of aliphatic hydroxyl groups is 1. The van der Waals surface area contributed by atoms with Crippen LogP contribution in [0.5, 0.6) is 0 Å². The highest BCUT2D eigenvalue weighted by atomic mass is 32.1. The lowest BCUT2D eigenvalue weighted by Crippen LogP contribution is -2.58. The van der Waals surface area contributed by atoms with Crippen molar-refractivity contribution in [3.05, 3.63) is 0 Å². The number of aliphatic carboxylic acids is 2. The number of carboxylic acid groups (broad SMARTS) is 2. The SMILES string of the molecule is CC(NC(=O)C(CC(=O)O)NC(=O)C(CO)NC(=O)C(N)CS)C(=O)O. The van der Waals surface area contributed by atoms with Gasteiger partial charge in [-0.3, -0.25) is 24.0 Å². The van der Waals surface area contributed by atoms with Crippen molar-refractivity contribution in [1.29, 1.82) is 0 Å². The van der Waals surface area contributed by atoms with Crippen molar-refractivity contribution in [2.45, 2.75) is 37.5 Å². The van der Waals surface area contributed by atoms with Crippen LogP contribution in [0.2, 0.25) is 0 Å². The molecule has 3 amide bonds. The molecule has 13 heteroatoms. The Morgan fingerprint density at radius 2 is 1.46 bits per heavy atom. The first-order chi connectivity index (χ1) is 12.0. The summed E-state index contributed by atoms with van der Waals surface area (Å²) in [4.78, 5) is 57.4. The molecule has 0 bridgehead atoms. The van der Waals surface area contributed by atoms with Crippen LogP contribution in [-0.2, 0) is 24.0 Å². The molecule has 12 nitrogen and oxygen atoms in total. The van der Waals surface area contributed by atoms with E-state index in [1.54, 1.807) is 0 Å². The normalized spacial score (nSPS) is 15.1. The van der Waals surface area contributed by atoms with Crippen molar-refractivity contribution < 1.29 is 39.3 Å². The number of rotatable bonds is 11. The van der Waals surface area contributed by atoms with Crippen molar-refractivity contribution in [2.75, 3.05) is 12.4 Å². The van der Waals surface area contributed by atoms with Crippen LogP contribution in [0.25, 0.3) is 0 Å². The van der Waals surface area contributed by atoms with Gasteiger partial charge in [0.2, 0.25) is 17.7 Å². The van der Waals surface area contributed by atoms with Crippen LogP contribution < -0.4 is 21.7 Å². The maximum Gasteiger partial charge on any atom is 0.325 e. The van der Waals surface area contributed by atoms with Gasteiger partial charge in [0.25, 0.3) is 0 Å². The maximum atomic E-state index is 12.1. The first-order valence-corrected chi connectivity index (χ1v) is 7.99. The zero-order valence-corrected chi connectivity index (χ0v) is 14.7. The Kier molecular flexibility index (Phi) is 10.2. The minimum Gasteiger partial charge on any atom is -0.481 e. The maximum absolute atomic E-state index is 12.1. The van der Waals surface area contributed by atoms with E-state index in [-0.39, 0.29) is 5.75 Å². The number of aliphatic hydroxyl groups excluding tert-OH is 1. The number of nitrogens with one attached hydrogen (secondary N) is 3. The fraction of sp³-hybridized carbons (Fsp3) is 0.615. The van der Waals surface area contributed by atoms with E-state index in [1.807, 2.05) is 10.6 Å². The standard InChI is InChI=1S/C13H22N4O8S/c1-5(13(24)25)15-11(22)7(2-9(19)20)16-12(23)8(3-18)17-10(21)6(14)4-26/h5-8,18,26H,2-4,14H2,1H3,(H,15,22)(H,16,23)(H,17,21)(H,19,20)(H,24,25). The van der Waals surface area contributed by atoms with Crippen LogP contribution in [0.3, 0.4) is 0 Å². The number of amides is 3. The molecular formula is C13H22N4O8S. The molecule has 0 aliphatic heterocycles. The second-order valence-electron chi connectivity index (χ2n) is 5.26. The Balaban J connectivity index is 5.08. The number of carbonyl (C=O) groups excluding carboxylic acids is 3. The minimum atomic E-state index is -1.62. The van der Waals surface area contributed by atoms with Crippen molar-refractivity contribution in [1.82, 2.24) is 16.0 Å². The van der Waals surface area contributed by atoms with Gasteiger partial charge in [0.05, 0.1) is 19.1 Å². The zero-order valence-electron chi connectivity index (χ0n) is 13.8. The summed E-state index contributed by atoms with van der Waals surface area (Å²) >= 11 is 3.81. The first-order valence-electron chi connectivity index (χ1n) is 7.36. The van der Waals surface area contributed by atoms with Crippen molar-refractivity contribution >= 4 is 42.3 Å². The second-order valence-corrected chi connectivity index (χ2v) is 5.63. The van der Waals surface area contributed by atoms with E-state index in [1.165, 1.54) is 0 Å². The number of thiol groups is 1. The quantitative estimate of drug-likeness (QED) is 0.162. The molecule has 0 rings (SSSR count). The van der Waals surface area contributed by atoms with Gasteiger partial charge in [-0.25, -0.2) is 0 Å². The van der Waals surface area contributed by atoms with E-state index in [0.29, 0.717) is 0 Å². The van der Waals surface area contributed by atoms with Gasteiger partial charge in [0, 0.05) is 5.75 Å². The Morgan fingerprint density at radius 1 is 0.962 bits per heavy atom. The summed E-state index contributed by atoms with van der Waals surface area (Å²) in [6.45, 7) is 0.305. The Morgan fingerprint density at radius 3 is 1.88 bits per heavy atom. The molecule has 26 heavy (non-hydrogen) atoms. The fourth-order valence-electron chi connectivity index (χ4n) is 1.59. The molecule has 0 aromatic carbocycles. The van der Waals surface area contributed by atoms with Gasteiger partial charge in [-0.05, 0) is 6.92 Å². The average Bonchev–Trinajstić information content (AvgIpc) is 2.56. The summed E-state index contributed by atoms with van der Waals surface area (Å²) in [6, 6.07) is -5.48. The largest absolute Gasteiger partial charge is 0.481 e. The third kappa shape index (κ3) is 8.13. The average molecular weight is 394 g/mol. The summed E-state index contributed by atoms with van der Waals surface area (Å²) < 4.78 is 0. The molecule has 148 valence electrons. The smallest absolute Gasteiger partial charge is 0.325 e. The third-order valence-corrected chi connectivity index (χ3v) is 3.48. The predicted octanol–water partition coefficient (Wildman–Crippen LogP) is -3.73. The topological polar surface area (TPSA) is 208 Å². The number of nitrogens with two attached hydrogens (primary N) is 1. The lowest BCUT2D eigenvalue weighted by molar-refractivity contribution is -0.143. The van der Waals surface area contributed by atoms with Gasteiger partial charge in [0.1, 0.15) is 18.1 Å². The monoisotopic (exact) mass is 394 g/mol. The van der Waals surface area contributed by atoms with Gasteiger partial charge in [0.15, 0.2) is 0 Å². The molecule has 0 saturated heterocycles. The summed E-state index contributed by atoms with van der Waals surface area (Å²) in [5.74, 6) is -5.70. The molecule has 4 atom stereocenters. The lowest BCUT2D eigenvalue weighted by Gasteiger charge is -2.22. The number of hydrogen-bond acceptors (Lipinski definition) is 8. The molecule has 0 aromatic rings. The molecule has 0 heterocycles. The predicted molar refractivity (Wildman–Crippen MR) is 90.3 cm³/mol. The van der Waals surface area contributed by atoms with Gasteiger partial charge in [-0.2, -0.15) is 12.6 Å². The molecule has 0 aromatic heterocycles. The number of carbonyl (C=O) groups is 5. The van der Waals surface area contributed by atoms with E-state index < -0.39 is 66.9 Å². The number of hydrogen-bond donors (Lipinski definition) is 8. The van der Waals surface area contributed by atoms with Gasteiger partial charge in [-0.15, -0.1) is 0 Å². The van der Waals surface area contributed by atoms with Crippen LogP contribution in [0, 0.1) is 0 Å². The van der Waals surface area contributed by atoms with E-state index in [2.05, 4.69) is 17.9 Å². The van der Waals surface area contributed by atoms with Crippen LogP contribution in [-0.4, -0.2) is 81.5 Å². The van der Waals surface area contributed by atoms with Crippen LogP contribution in [0.1, 0.15) is 13.3 Å². The Hall–Kier alpha value is -2.38. The van der Waals surface area contributed by atoms with Gasteiger partial charge >= 0.3 is 11.9 Å². The Labute approximate surface area is 153 Å². The van der Waals surface area contributed by atoms with Crippen LogP contribution in [0.15, 0.2) is 0 Å². The first kappa shape index (κ1) is 23.6. The van der Waals surface area contributed by atoms with Crippen molar-refractivity contribution in [3.63, 3.8) is 0 Å². The van der Waals surface area contributed by atoms with E-state index in [9.17, 15) is 29.1 Å². The second kappa shape index (κ2) is 11.3. The van der Waals surface area contributed by atoms with Crippen molar-refractivity contribution in [2.24, 2.45) is 5.73 Å². The summed E-state index contributed by atoms with van der Waals surface area (Å²) in [6.07, 6.45) is -0.841. The Bertz CT molecular complexity index is 558. The highest BCUT2D eigenvalue weighted by molar-refractivity contribution is 7.80. The summed E-state index contributed by atoms with van der Waals surface area (Å²) in [5.41, 5.74) is 5.42. The highest BCUT2D eigenvalue weighted by Crippen LogP contribution is 1.97. The van der Waals surface area contributed by atoms with E-state index >= 15 is 0 Å². The van der Waals surface area contributed by atoms with E-state index in [0.717, 1.165) is 6.92 Å². The van der Waals surface area contributed by atoms with E-state index in [4.69, 9.17) is 15.9 Å². The highest BCUT2D eigenvalue weighted by Gasteiger charge is 2.30. The summed E-state index contributed by atoms with van der Waals surface area (Å²) in [5, 5.41) is 33.0. The third-order valence-electron chi connectivity index (χ3n) is 3.09. The van der Waals surface area contributed by atoms with Gasteiger partial charge in [-0.1, -0.05) is 0 Å². The van der Waals surface area contributed by atoms with Crippen LogP contribution in [0.4, 0.5) is 0 Å². The van der Waals surface area contributed by atoms with Crippen molar-refractivity contribution in [3.8, 4) is 0 Å². The molecule has 0 aliphatic rings. The molecule has 0 saturated carbocycles. The number of carboxylic acids is 2. The fourth-order valence-corrected chi connectivity index (χ4v) is 1.75. The summed E-state index contributed by atoms with van der Waals surface area (Å²) in [7, 11) is 0. The van der Waals surface area contributed by atoms with Gasteiger partial charge < -0.3 is 37.0 Å². The van der Waals surface area contributed by atoms with Crippen LogP contribution >= 0.6 is 12.6 Å². The molecule has 0 aliphatic carbocycles. The minimum absolute atomic E-state index is 0.0251. The molecule has 0 radical (unpaired) electrons. The molecule has 0 fully saturated rings. The molecule has 8 N–H and O–H groups in total. The molecular weight excluding hydrogens is 372 g/mol. The lowest BCUT2D eigenvalue weighted by atomic mass is 10.1. The zero-order chi connectivity index (χ0) is 20.4.